The zero-order valence-corrected chi connectivity index (χ0v) is 16.1. The zero-order chi connectivity index (χ0) is 18.1. The highest BCUT2D eigenvalue weighted by Crippen LogP contribution is 2.20. The largest absolute Gasteiger partial charge is 0.500 e. The SMILES string of the molecule is CCC(C)(C)NC(=O)C(CCCC[Si](OC)(OC)OC)C(=O)O. The summed E-state index contributed by atoms with van der Waals surface area (Å²) in [5.74, 6) is -2.56. The molecule has 1 atom stereocenters. The van der Waals surface area contributed by atoms with Crippen LogP contribution in [0.1, 0.15) is 46.5 Å². The van der Waals surface area contributed by atoms with E-state index in [1.165, 1.54) is 0 Å². The Bertz CT molecular complexity index is 376. The molecule has 0 saturated heterocycles. The van der Waals surface area contributed by atoms with E-state index in [1.807, 2.05) is 20.8 Å². The first-order valence-electron chi connectivity index (χ1n) is 7.87. The molecular weight excluding hydrogens is 318 g/mol. The van der Waals surface area contributed by atoms with Crippen LogP contribution in [0.3, 0.4) is 0 Å². The molecule has 0 aromatic carbocycles. The molecule has 1 unspecified atom stereocenters. The van der Waals surface area contributed by atoms with Crippen LogP contribution in [0.4, 0.5) is 0 Å². The van der Waals surface area contributed by atoms with Gasteiger partial charge in [0.15, 0.2) is 0 Å². The quantitative estimate of drug-likeness (QED) is 0.318. The average molecular weight is 350 g/mol. The lowest BCUT2D eigenvalue weighted by Crippen LogP contribution is -2.47. The van der Waals surface area contributed by atoms with Gasteiger partial charge in [0.2, 0.25) is 5.91 Å². The van der Waals surface area contributed by atoms with E-state index in [1.54, 1.807) is 21.3 Å². The molecule has 7 nitrogen and oxygen atoms in total. The minimum absolute atomic E-state index is 0.280. The second kappa shape index (κ2) is 10.0. The molecule has 0 saturated carbocycles. The summed E-state index contributed by atoms with van der Waals surface area (Å²) in [6.07, 6.45) is 2.27. The minimum Gasteiger partial charge on any atom is -0.481 e. The Kier molecular flexibility index (Phi) is 9.60. The Hall–Kier alpha value is -0.963. The highest BCUT2D eigenvalue weighted by atomic mass is 28.4. The summed E-state index contributed by atoms with van der Waals surface area (Å²) >= 11 is 0. The molecule has 8 heteroatoms. The number of aliphatic carboxylic acids is 1. The molecule has 0 aromatic rings. The first kappa shape index (κ1) is 22.0. The van der Waals surface area contributed by atoms with Crippen molar-refractivity contribution >= 4 is 20.7 Å². The van der Waals surface area contributed by atoms with E-state index in [9.17, 15) is 14.7 Å². The summed E-state index contributed by atoms with van der Waals surface area (Å²) in [4.78, 5) is 23.5. The summed E-state index contributed by atoms with van der Waals surface area (Å²) in [6.45, 7) is 5.69. The van der Waals surface area contributed by atoms with Gasteiger partial charge in [-0.25, -0.2) is 0 Å². The molecule has 0 aromatic heterocycles. The van der Waals surface area contributed by atoms with E-state index in [-0.39, 0.29) is 6.42 Å². The molecule has 0 radical (unpaired) electrons. The summed E-state index contributed by atoms with van der Waals surface area (Å²) in [7, 11) is 1.99. The Morgan fingerprint density at radius 1 is 1.13 bits per heavy atom. The molecule has 2 N–H and O–H groups in total. The highest BCUT2D eigenvalue weighted by molar-refractivity contribution is 6.60. The molecule has 0 heterocycles. The monoisotopic (exact) mass is 349 g/mol. The maximum absolute atomic E-state index is 12.2. The second-order valence-electron chi connectivity index (χ2n) is 6.16. The Morgan fingerprint density at radius 2 is 1.65 bits per heavy atom. The van der Waals surface area contributed by atoms with Gasteiger partial charge < -0.3 is 23.7 Å². The van der Waals surface area contributed by atoms with Gasteiger partial charge in [0.05, 0.1) is 0 Å². The highest BCUT2D eigenvalue weighted by Gasteiger charge is 2.37. The van der Waals surface area contributed by atoms with Crippen LogP contribution in [0.2, 0.25) is 6.04 Å². The summed E-state index contributed by atoms with van der Waals surface area (Å²) in [5.41, 5.74) is -0.408. The summed E-state index contributed by atoms with van der Waals surface area (Å²) in [5, 5.41) is 12.1. The third kappa shape index (κ3) is 7.43. The van der Waals surface area contributed by atoms with Crippen molar-refractivity contribution in [2.24, 2.45) is 5.92 Å². The van der Waals surface area contributed by atoms with E-state index < -0.39 is 32.1 Å². The first-order chi connectivity index (χ1) is 10.7. The fourth-order valence-electron chi connectivity index (χ4n) is 2.12. The van der Waals surface area contributed by atoms with Gasteiger partial charge in [-0.15, -0.1) is 0 Å². The zero-order valence-electron chi connectivity index (χ0n) is 15.1. The number of carboxylic acids is 1. The normalized spacial score (nSPS) is 13.7. The molecule has 0 fully saturated rings. The number of carboxylic acid groups (broad SMARTS) is 1. The van der Waals surface area contributed by atoms with Crippen LogP contribution in [0.25, 0.3) is 0 Å². The smallest absolute Gasteiger partial charge is 0.481 e. The van der Waals surface area contributed by atoms with Crippen LogP contribution < -0.4 is 5.32 Å². The van der Waals surface area contributed by atoms with Crippen molar-refractivity contribution in [3.05, 3.63) is 0 Å². The van der Waals surface area contributed by atoms with Crippen molar-refractivity contribution in [2.75, 3.05) is 21.3 Å². The van der Waals surface area contributed by atoms with Crippen LogP contribution >= 0.6 is 0 Å². The van der Waals surface area contributed by atoms with Gasteiger partial charge in [-0.2, -0.15) is 0 Å². The first-order valence-corrected chi connectivity index (χ1v) is 9.80. The van der Waals surface area contributed by atoms with Gasteiger partial charge in [-0.05, 0) is 33.1 Å². The number of nitrogens with one attached hydrogen (secondary N) is 1. The Labute approximate surface area is 140 Å². The Balaban J connectivity index is 4.51. The topological polar surface area (TPSA) is 94.1 Å². The van der Waals surface area contributed by atoms with Crippen molar-refractivity contribution in [3.63, 3.8) is 0 Å². The van der Waals surface area contributed by atoms with Crippen molar-refractivity contribution in [1.29, 1.82) is 0 Å². The van der Waals surface area contributed by atoms with Crippen LogP contribution in [-0.4, -0.2) is 52.7 Å². The molecule has 0 aliphatic rings. The van der Waals surface area contributed by atoms with Gasteiger partial charge in [0.25, 0.3) is 0 Å². The second-order valence-corrected chi connectivity index (χ2v) is 9.25. The fourth-order valence-corrected chi connectivity index (χ4v) is 3.92. The predicted octanol–water partition coefficient (Wildman–Crippen LogP) is 2.04. The predicted molar refractivity (Wildman–Crippen MR) is 89.1 cm³/mol. The number of carbonyl (C=O) groups excluding carboxylic acids is 1. The average Bonchev–Trinajstić information content (AvgIpc) is 2.50. The van der Waals surface area contributed by atoms with Crippen LogP contribution in [0.15, 0.2) is 0 Å². The molecule has 0 bridgehead atoms. The number of hydrogen-bond donors (Lipinski definition) is 2. The van der Waals surface area contributed by atoms with Gasteiger partial charge in [-0.3, -0.25) is 9.59 Å². The van der Waals surface area contributed by atoms with E-state index >= 15 is 0 Å². The molecule has 23 heavy (non-hydrogen) atoms. The molecule has 0 aliphatic carbocycles. The lowest BCUT2D eigenvalue weighted by molar-refractivity contribution is -0.147. The molecular formula is C15H31NO6Si. The van der Waals surface area contributed by atoms with E-state index in [4.69, 9.17) is 13.3 Å². The van der Waals surface area contributed by atoms with Crippen molar-refractivity contribution in [3.8, 4) is 0 Å². The molecule has 136 valence electrons. The van der Waals surface area contributed by atoms with Crippen LogP contribution in [0, 0.1) is 5.92 Å². The van der Waals surface area contributed by atoms with Crippen molar-refractivity contribution < 1.29 is 28.0 Å². The third-order valence-corrected chi connectivity index (χ3v) is 6.95. The summed E-state index contributed by atoms with van der Waals surface area (Å²) in [6, 6.07) is 0.588. The van der Waals surface area contributed by atoms with Crippen LogP contribution in [-0.2, 0) is 22.9 Å². The third-order valence-electron chi connectivity index (χ3n) is 4.12. The fraction of sp³-hybridized carbons (Fsp3) is 0.867. The molecule has 1 amide bonds. The number of hydrogen-bond acceptors (Lipinski definition) is 5. The number of unbranched alkanes of at least 4 members (excludes halogenated alkanes) is 1. The number of amides is 1. The number of carbonyl (C=O) groups is 2. The maximum Gasteiger partial charge on any atom is 0.500 e. The van der Waals surface area contributed by atoms with Crippen LogP contribution in [0.5, 0.6) is 0 Å². The van der Waals surface area contributed by atoms with E-state index in [2.05, 4.69) is 5.32 Å². The van der Waals surface area contributed by atoms with Gasteiger partial charge in [0.1, 0.15) is 5.92 Å². The minimum atomic E-state index is -2.64. The molecule has 0 rings (SSSR count). The molecule has 0 aliphatic heterocycles. The van der Waals surface area contributed by atoms with Gasteiger partial charge in [-0.1, -0.05) is 13.3 Å². The van der Waals surface area contributed by atoms with Gasteiger partial charge >= 0.3 is 14.8 Å². The lowest BCUT2D eigenvalue weighted by Gasteiger charge is -2.27. The van der Waals surface area contributed by atoms with Crippen molar-refractivity contribution in [2.45, 2.75) is 58.0 Å². The molecule has 0 spiro atoms. The lowest BCUT2D eigenvalue weighted by atomic mass is 9.97. The summed E-state index contributed by atoms with van der Waals surface area (Å²) < 4.78 is 16.0. The van der Waals surface area contributed by atoms with E-state index in [0.29, 0.717) is 18.9 Å². The van der Waals surface area contributed by atoms with Crippen molar-refractivity contribution in [1.82, 2.24) is 5.32 Å². The maximum atomic E-state index is 12.2. The van der Waals surface area contributed by atoms with E-state index in [0.717, 1.165) is 6.42 Å². The standard InChI is InChI=1S/C15H31NO6Si/c1-7-15(2,3)16-13(17)12(14(18)19)10-8-9-11-23(20-4,21-5)22-6/h12H,7-11H2,1-6H3,(H,16,17)(H,18,19). The Morgan fingerprint density at radius 3 is 2.04 bits per heavy atom. The number of rotatable bonds is 12. The van der Waals surface area contributed by atoms with Gasteiger partial charge in [0, 0.05) is 32.9 Å².